The zero-order chi connectivity index (χ0) is 63.1. The maximum atomic E-state index is 14.0. The van der Waals surface area contributed by atoms with Crippen LogP contribution in [0.25, 0.3) is 0 Å². The van der Waals surface area contributed by atoms with Crippen molar-refractivity contribution in [2.24, 2.45) is 81.7 Å². The van der Waals surface area contributed by atoms with E-state index in [0.29, 0.717) is 76.3 Å². The molecule has 4 heterocycles. The monoisotopic (exact) mass is 1210 g/mol. The number of carbonyl (C=O) groups is 3. The Kier molecular flexibility index (Phi) is 24.6. The average molecular weight is 1210 g/mol. The fourth-order valence-corrected chi connectivity index (χ4v) is 17.6. The molecule has 2 aromatic rings. The molecule has 4 aliphatic heterocycles. The Labute approximate surface area is 523 Å². The number of nitrogens with two attached hydrogens (primary N) is 1. The van der Waals surface area contributed by atoms with Crippen molar-refractivity contribution in [3.8, 4) is 0 Å². The molecule has 10 aliphatic rings. The van der Waals surface area contributed by atoms with Crippen LogP contribution in [0.4, 0.5) is 0 Å². The first-order chi connectivity index (χ1) is 41.3. The Hall–Kier alpha value is -3.39. The number of nitrogens with zero attached hydrogens (tertiary/aromatic N) is 4. The molecule has 490 valence electrons. The van der Waals surface area contributed by atoms with Crippen molar-refractivity contribution in [1.29, 1.82) is 0 Å². The number of hydrogen-bond donors (Lipinski definition) is 7. The van der Waals surface area contributed by atoms with E-state index in [2.05, 4.69) is 114 Å². The van der Waals surface area contributed by atoms with Crippen LogP contribution in [0.2, 0.25) is 0 Å². The molecular formula is C71H117N7O9. The third-order valence-electron chi connectivity index (χ3n) is 22.7. The Bertz CT molecular complexity index is 2500. The standard InChI is InChI=1S/C36H59N3O4.C25H36N2O5.C10H22N2/c1-23(2)16-28(20-38-14-7-8-15-38)13-12-26-10-9-11-27(17-26)21-39-34(33(25(4)41)32(22-40)43-39)35(42)37-31-19-29-18-30(24(31)3)36(29,5)6;1-14-19-9-18(25(19,3)4)10-20(14)26-24(31)23-22(15(2)30)21(13-29)32-27(23)11-16-6-5-7-17(8-16)12-28;1-9(2)7-10(11)8-12-5-3-4-6-12/h9-11,17,23-25,28-34,40-41H,7-8,12-16,18-22H2,1-6H3,(H,37,42);5-8,12,14-15,18-23,29-30H,9-11,13H2,1-4H3,(H,26,31);9-10H,3-8,11H2,1-2H3/t24-,25-,28-,29+,30-,31-,32-,33+,34-;14-,15-,18+,19-,20-,21-,22+,23-;10-/m000/s1. The van der Waals surface area contributed by atoms with Crippen LogP contribution in [0, 0.1) is 75.9 Å². The summed E-state index contributed by atoms with van der Waals surface area (Å²) in [6.45, 7) is 33.9. The summed E-state index contributed by atoms with van der Waals surface area (Å²) >= 11 is 0. The highest BCUT2D eigenvalue weighted by Crippen LogP contribution is 2.62. The topological polar surface area (TPSA) is 214 Å². The molecule has 16 heteroatoms. The number of hydroxylamine groups is 4. The van der Waals surface area contributed by atoms with Gasteiger partial charge in [0, 0.05) is 48.6 Å². The van der Waals surface area contributed by atoms with Gasteiger partial charge in [-0.3, -0.25) is 24.1 Å². The van der Waals surface area contributed by atoms with E-state index >= 15 is 0 Å². The molecule has 12 rings (SSSR count). The summed E-state index contributed by atoms with van der Waals surface area (Å²) in [7, 11) is 0. The van der Waals surface area contributed by atoms with Gasteiger partial charge in [0.15, 0.2) is 0 Å². The largest absolute Gasteiger partial charge is 0.394 e. The van der Waals surface area contributed by atoms with Gasteiger partial charge in [-0.1, -0.05) is 112 Å². The molecular weight excluding hydrogens is 1090 g/mol. The van der Waals surface area contributed by atoms with Crippen molar-refractivity contribution in [3.05, 3.63) is 70.8 Å². The SMILES string of the molecule is CC(C)C[C@H](CCc1cccc(CN2O[C@@H](CO)[C@@H]([C@H](C)O)[C@H]2C(=O)N[C@H]2C[C@H]3C[C@@H]([C@@H]2C)C3(C)C)c1)CN1CCCC1.CC(C)C[C@H](N)CN1CCCC1.C[C@@H]1[C@@H](NC(=O)[C@@H]2[C@H]([C@H](C)O)[C@H](CO)ON2Cc2cccc(C=O)c2)C[C@H]2C[C@@H]1C2(C)C. The lowest BCUT2D eigenvalue weighted by Crippen LogP contribution is -2.62. The maximum Gasteiger partial charge on any atom is 0.240 e. The molecule has 4 saturated heterocycles. The quantitative estimate of drug-likeness (QED) is 0.0491. The zero-order valence-electron chi connectivity index (χ0n) is 55.5. The van der Waals surface area contributed by atoms with Crippen LogP contribution in [-0.4, -0.2) is 166 Å². The zero-order valence-corrected chi connectivity index (χ0v) is 55.5. The van der Waals surface area contributed by atoms with Gasteiger partial charge in [-0.15, -0.1) is 0 Å². The molecule has 87 heavy (non-hydrogen) atoms. The van der Waals surface area contributed by atoms with Crippen molar-refractivity contribution in [2.45, 2.75) is 228 Å². The van der Waals surface area contributed by atoms with E-state index in [1.54, 1.807) is 42.2 Å². The first kappa shape index (κ1) is 69.5. The molecule has 4 bridgehead atoms. The van der Waals surface area contributed by atoms with Crippen LogP contribution < -0.4 is 16.4 Å². The Morgan fingerprint density at radius 1 is 0.644 bits per heavy atom. The van der Waals surface area contributed by atoms with Gasteiger partial charge >= 0.3 is 0 Å². The lowest BCUT2D eigenvalue weighted by molar-refractivity contribution is -0.183. The number of nitrogens with one attached hydrogen (secondary N) is 2. The summed E-state index contributed by atoms with van der Waals surface area (Å²) in [4.78, 5) is 56.0. The van der Waals surface area contributed by atoms with Gasteiger partial charge in [-0.2, -0.15) is 10.1 Å². The number of amides is 2. The van der Waals surface area contributed by atoms with E-state index in [-0.39, 0.29) is 43.7 Å². The molecule has 0 aromatic heterocycles. The predicted octanol–water partition coefficient (Wildman–Crippen LogP) is 8.65. The van der Waals surface area contributed by atoms with Crippen LogP contribution in [0.3, 0.4) is 0 Å². The number of likely N-dealkylation sites (tertiary alicyclic amines) is 2. The van der Waals surface area contributed by atoms with Gasteiger partial charge in [0.2, 0.25) is 11.8 Å². The van der Waals surface area contributed by atoms with Crippen LogP contribution in [0.1, 0.15) is 181 Å². The van der Waals surface area contributed by atoms with Crippen LogP contribution >= 0.6 is 0 Å². The minimum Gasteiger partial charge on any atom is -0.394 e. The van der Waals surface area contributed by atoms with Gasteiger partial charge in [-0.05, 0) is 204 Å². The van der Waals surface area contributed by atoms with E-state index in [0.717, 1.165) is 55.6 Å². The number of carbonyl (C=O) groups excluding carboxylic acids is 3. The Morgan fingerprint density at radius 2 is 1.08 bits per heavy atom. The number of rotatable bonds is 24. The maximum absolute atomic E-state index is 14.0. The number of aldehydes is 1. The highest BCUT2D eigenvalue weighted by molar-refractivity contribution is 5.83. The second-order valence-corrected chi connectivity index (χ2v) is 30.6. The van der Waals surface area contributed by atoms with E-state index in [9.17, 15) is 34.8 Å². The summed E-state index contributed by atoms with van der Waals surface area (Å²) in [5.41, 5.74) is 10.5. The van der Waals surface area contributed by atoms with Crippen molar-refractivity contribution in [1.82, 2.24) is 30.6 Å². The number of aliphatic hydroxyl groups excluding tert-OH is 4. The van der Waals surface area contributed by atoms with Gasteiger partial charge in [0.05, 0.1) is 38.5 Å². The highest BCUT2D eigenvalue weighted by atomic mass is 16.7. The van der Waals surface area contributed by atoms with Crippen LogP contribution in [0.5, 0.6) is 0 Å². The smallest absolute Gasteiger partial charge is 0.240 e. The normalized spacial score (nSPS) is 33.3. The molecule has 6 saturated carbocycles. The Balaban J connectivity index is 0.000000195. The molecule has 18 atom stereocenters. The van der Waals surface area contributed by atoms with E-state index in [4.69, 9.17) is 15.4 Å². The van der Waals surface area contributed by atoms with Gasteiger partial charge < -0.3 is 46.6 Å². The van der Waals surface area contributed by atoms with Gasteiger partial charge in [0.25, 0.3) is 0 Å². The molecule has 10 fully saturated rings. The molecule has 2 amide bonds. The minimum absolute atomic E-state index is 0.0904. The van der Waals surface area contributed by atoms with Gasteiger partial charge in [-0.25, -0.2) is 0 Å². The summed E-state index contributed by atoms with van der Waals surface area (Å²) < 4.78 is 0. The van der Waals surface area contributed by atoms with Gasteiger partial charge in [0.1, 0.15) is 30.6 Å². The van der Waals surface area contributed by atoms with Crippen molar-refractivity contribution < 1.29 is 44.5 Å². The third-order valence-corrected chi connectivity index (χ3v) is 22.7. The summed E-state index contributed by atoms with van der Waals surface area (Å²) in [6.07, 6.45) is 12.4. The summed E-state index contributed by atoms with van der Waals surface area (Å²) in [6, 6.07) is 15.1. The predicted molar refractivity (Wildman–Crippen MR) is 343 cm³/mol. The van der Waals surface area contributed by atoms with Crippen LogP contribution in [-0.2, 0) is 38.8 Å². The Morgan fingerprint density at radius 3 is 1.49 bits per heavy atom. The average Bonchev–Trinajstić information content (AvgIpc) is 1.37. The van der Waals surface area contributed by atoms with Crippen molar-refractivity contribution in [2.75, 3.05) is 52.5 Å². The first-order valence-corrected chi connectivity index (χ1v) is 34.2. The third kappa shape index (κ3) is 17.0. The van der Waals surface area contributed by atoms with Crippen molar-refractivity contribution in [3.63, 3.8) is 0 Å². The van der Waals surface area contributed by atoms with E-state index < -0.39 is 48.3 Å². The first-order valence-electron chi connectivity index (χ1n) is 34.2. The fraction of sp³-hybridized carbons (Fsp3) is 0.789. The molecule has 16 nitrogen and oxygen atoms in total. The molecule has 2 aromatic carbocycles. The number of hydrogen-bond acceptors (Lipinski definition) is 14. The fourth-order valence-electron chi connectivity index (χ4n) is 17.6. The number of aryl methyl sites for hydroxylation is 1. The van der Waals surface area contributed by atoms with Crippen molar-refractivity contribution >= 4 is 18.1 Å². The lowest BCUT2D eigenvalue weighted by atomic mass is 9.45. The highest BCUT2D eigenvalue weighted by Gasteiger charge is 2.59. The molecule has 8 N–H and O–H groups in total. The molecule has 6 aliphatic carbocycles. The number of aliphatic hydroxyl groups is 4. The minimum atomic E-state index is -0.828. The summed E-state index contributed by atoms with van der Waals surface area (Å²) in [5.74, 6) is 4.12. The summed E-state index contributed by atoms with van der Waals surface area (Å²) in [5, 5.41) is 51.2. The number of fused-ring (bicyclic) bond motifs is 4. The number of benzene rings is 2. The van der Waals surface area contributed by atoms with E-state index in [1.165, 1.54) is 89.7 Å². The molecule has 0 unspecified atom stereocenters. The molecule has 0 spiro atoms. The second kappa shape index (κ2) is 30.8. The second-order valence-electron chi connectivity index (χ2n) is 30.6. The van der Waals surface area contributed by atoms with E-state index in [1.807, 2.05) is 6.07 Å². The molecule has 0 radical (unpaired) electrons. The van der Waals surface area contributed by atoms with Crippen LogP contribution in [0.15, 0.2) is 48.5 Å². The lowest BCUT2D eigenvalue weighted by Gasteiger charge is -2.62.